The summed E-state index contributed by atoms with van der Waals surface area (Å²) in [6.07, 6.45) is -4.60. The maximum atomic E-state index is 13.1. The summed E-state index contributed by atoms with van der Waals surface area (Å²) in [5.41, 5.74) is -0.439. The lowest BCUT2D eigenvalue weighted by Gasteiger charge is -2.28. The van der Waals surface area contributed by atoms with Gasteiger partial charge in [0.15, 0.2) is 0 Å². The quantitative estimate of drug-likeness (QED) is 0.698. The van der Waals surface area contributed by atoms with Crippen molar-refractivity contribution in [3.8, 4) is 0 Å². The Morgan fingerprint density at radius 2 is 1.67 bits per heavy atom. The molecule has 0 aliphatic carbocycles. The van der Waals surface area contributed by atoms with Crippen molar-refractivity contribution in [2.45, 2.75) is 25.7 Å². The molecule has 0 fully saturated rings. The Morgan fingerprint density at radius 3 is 2.30 bits per heavy atom. The van der Waals surface area contributed by atoms with Crippen molar-refractivity contribution >= 4 is 29.1 Å². The summed E-state index contributed by atoms with van der Waals surface area (Å²) < 4.78 is 39.2. The topological polar surface area (TPSA) is 52.7 Å². The molecule has 0 aliphatic rings. The number of carbonyl (C=O) groups excluding carboxylic acids is 2. The van der Waals surface area contributed by atoms with Crippen LogP contribution in [-0.2, 0) is 22.3 Å². The highest BCUT2D eigenvalue weighted by Crippen LogP contribution is 2.34. The average Bonchev–Trinajstić information content (AvgIpc) is 2.68. The van der Waals surface area contributed by atoms with Crippen molar-refractivity contribution in [3.05, 3.63) is 64.7 Å². The molecule has 2 rings (SSSR count). The third-order valence-electron chi connectivity index (χ3n) is 4.66. The molecule has 1 N–H and O–H groups in total. The van der Waals surface area contributed by atoms with Gasteiger partial charge in [0.2, 0.25) is 11.8 Å². The summed E-state index contributed by atoms with van der Waals surface area (Å²) in [7, 11) is 3.18. The predicted octanol–water partition coefficient (Wildman–Crippen LogP) is 4.28. The van der Waals surface area contributed by atoms with Gasteiger partial charge in [-0.1, -0.05) is 41.9 Å². The normalized spacial score (nSPS) is 12.5. The van der Waals surface area contributed by atoms with Gasteiger partial charge in [0.05, 0.1) is 23.8 Å². The molecule has 9 heteroatoms. The standard InChI is InChI=1S/C21H23ClF3N3O2/c1-14(27(2)12-15-8-4-6-10-17(15)22)20(30)28(3)13-19(29)26-18-11-7-5-9-16(18)21(23,24)25/h4-11,14H,12-13H2,1-3H3,(H,26,29)/t14-/m0/s1. The second-order valence-electron chi connectivity index (χ2n) is 6.97. The number of hydrogen-bond donors (Lipinski definition) is 1. The second kappa shape index (κ2) is 9.95. The number of nitrogens with one attached hydrogen (secondary N) is 1. The molecule has 0 saturated carbocycles. The Hall–Kier alpha value is -2.58. The summed E-state index contributed by atoms with van der Waals surface area (Å²) in [5, 5.41) is 2.82. The largest absolute Gasteiger partial charge is 0.418 e. The minimum atomic E-state index is -4.60. The lowest BCUT2D eigenvalue weighted by molar-refractivity contribution is -0.138. The number of rotatable bonds is 7. The SMILES string of the molecule is C[C@@H](C(=O)N(C)CC(=O)Nc1ccccc1C(F)(F)F)N(C)Cc1ccccc1Cl. The molecule has 1 atom stereocenters. The minimum absolute atomic E-state index is 0.344. The van der Waals surface area contributed by atoms with Crippen molar-refractivity contribution in [1.29, 1.82) is 0 Å². The van der Waals surface area contributed by atoms with Crippen LogP contribution in [0.15, 0.2) is 48.5 Å². The predicted molar refractivity (Wildman–Crippen MR) is 110 cm³/mol. The van der Waals surface area contributed by atoms with E-state index < -0.39 is 23.7 Å². The summed E-state index contributed by atoms with van der Waals surface area (Å²) >= 11 is 6.15. The smallest absolute Gasteiger partial charge is 0.335 e. The van der Waals surface area contributed by atoms with Crippen molar-refractivity contribution in [2.75, 3.05) is 26.0 Å². The molecule has 2 amide bonds. The summed E-state index contributed by atoms with van der Waals surface area (Å²) in [4.78, 5) is 27.9. The number of alkyl halides is 3. The van der Waals surface area contributed by atoms with Gasteiger partial charge in [0.1, 0.15) is 0 Å². The van der Waals surface area contributed by atoms with Crippen molar-refractivity contribution < 1.29 is 22.8 Å². The monoisotopic (exact) mass is 441 g/mol. The van der Waals surface area contributed by atoms with Gasteiger partial charge in [0, 0.05) is 18.6 Å². The van der Waals surface area contributed by atoms with Gasteiger partial charge in [-0.05, 0) is 37.7 Å². The van der Waals surface area contributed by atoms with E-state index in [1.807, 2.05) is 18.2 Å². The third-order valence-corrected chi connectivity index (χ3v) is 5.03. The number of benzene rings is 2. The Bertz CT molecular complexity index is 905. The van der Waals surface area contributed by atoms with Crippen LogP contribution in [0.4, 0.5) is 18.9 Å². The Morgan fingerprint density at radius 1 is 1.07 bits per heavy atom. The van der Waals surface area contributed by atoms with Crippen LogP contribution in [0.5, 0.6) is 0 Å². The second-order valence-corrected chi connectivity index (χ2v) is 7.38. The Labute approximate surface area is 178 Å². The molecule has 162 valence electrons. The minimum Gasteiger partial charge on any atom is -0.335 e. The number of amides is 2. The highest BCUT2D eigenvalue weighted by Gasteiger charge is 2.33. The zero-order chi connectivity index (χ0) is 22.5. The van der Waals surface area contributed by atoms with E-state index >= 15 is 0 Å². The van der Waals surface area contributed by atoms with E-state index in [4.69, 9.17) is 11.6 Å². The number of hydrogen-bond acceptors (Lipinski definition) is 3. The molecule has 2 aromatic carbocycles. The molecule has 0 aromatic heterocycles. The first-order valence-corrected chi connectivity index (χ1v) is 9.53. The molecule has 0 bridgehead atoms. The number of para-hydroxylation sites is 1. The van der Waals surface area contributed by atoms with Gasteiger partial charge >= 0.3 is 6.18 Å². The van der Waals surface area contributed by atoms with Crippen LogP contribution in [0, 0.1) is 0 Å². The molecule has 30 heavy (non-hydrogen) atoms. The van der Waals surface area contributed by atoms with Gasteiger partial charge < -0.3 is 10.2 Å². The van der Waals surface area contributed by atoms with E-state index in [0.717, 1.165) is 11.6 Å². The first-order valence-electron chi connectivity index (χ1n) is 9.15. The van der Waals surface area contributed by atoms with E-state index in [2.05, 4.69) is 5.32 Å². The molecule has 0 saturated heterocycles. The van der Waals surface area contributed by atoms with Crippen LogP contribution in [-0.4, -0.2) is 48.3 Å². The number of nitrogens with zero attached hydrogens (tertiary/aromatic N) is 2. The van der Waals surface area contributed by atoms with Crippen LogP contribution in [0.2, 0.25) is 5.02 Å². The van der Waals surface area contributed by atoms with Gasteiger partial charge in [-0.2, -0.15) is 13.2 Å². The molecule has 2 aromatic rings. The van der Waals surface area contributed by atoms with Gasteiger partial charge in [-0.25, -0.2) is 0 Å². The summed E-state index contributed by atoms with van der Waals surface area (Å²) in [6.45, 7) is 1.73. The molecular weight excluding hydrogens is 419 g/mol. The highest BCUT2D eigenvalue weighted by atomic mass is 35.5. The third kappa shape index (κ3) is 6.21. The fourth-order valence-electron chi connectivity index (χ4n) is 2.86. The number of likely N-dealkylation sites (N-methyl/N-ethyl adjacent to an activating group) is 2. The van der Waals surface area contributed by atoms with Crippen molar-refractivity contribution in [1.82, 2.24) is 9.80 Å². The first-order chi connectivity index (χ1) is 14.0. The van der Waals surface area contributed by atoms with Crippen LogP contribution < -0.4 is 5.32 Å². The molecule has 0 radical (unpaired) electrons. The van der Waals surface area contributed by atoms with Gasteiger partial charge in [0.25, 0.3) is 0 Å². The number of carbonyl (C=O) groups is 2. The number of anilines is 1. The van der Waals surface area contributed by atoms with Crippen LogP contribution in [0.25, 0.3) is 0 Å². The van der Waals surface area contributed by atoms with Crippen LogP contribution >= 0.6 is 11.6 Å². The fourth-order valence-corrected chi connectivity index (χ4v) is 3.06. The van der Waals surface area contributed by atoms with Crippen LogP contribution in [0.1, 0.15) is 18.1 Å². The number of halogens is 4. The molecule has 0 unspecified atom stereocenters. The lowest BCUT2D eigenvalue weighted by Crippen LogP contribution is -2.46. The van der Waals surface area contributed by atoms with Crippen molar-refractivity contribution in [3.63, 3.8) is 0 Å². The Kier molecular flexibility index (Phi) is 7.86. The van der Waals surface area contributed by atoms with E-state index in [0.29, 0.717) is 11.6 Å². The summed E-state index contributed by atoms with van der Waals surface area (Å²) in [5.74, 6) is -1.06. The van der Waals surface area contributed by atoms with Crippen LogP contribution in [0.3, 0.4) is 0 Å². The van der Waals surface area contributed by atoms with Crippen molar-refractivity contribution in [2.24, 2.45) is 0 Å². The molecule has 0 aliphatic heterocycles. The highest BCUT2D eigenvalue weighted by molar-refractivity contribution is 6.31. The fraction of sp³-hybridized carbons (Fsp3) is 0.333. The Balaban J connectivity index is 1.98. The molecule has 0 heterocycles. The summed E-state index contributed by atoms with van der Waals surface area (Å²) in [6, 6.07) is 11.4. The zero-order valence-corrected chi connectivity index (χ0v) is 17.6. The maximum absolute atomic E-state index is 13.1. The average molecular weight is 442 g/mol. The maximum Gasteiger partial charge on any atom is 0.418 e. The molecule has 5 nitrogen and oxygen atoms in total. The van der Waals surface area contributed by atoms with Gasteiger partial charge in [-0.3, -0.25) is 14.5 Å². The first kappa shape index (κ1) is 23.7. The zero-order valence-electron chi connectivity index (χ0n) is 16.8. The van der Waals surface area contributed by atoms with E-state index in [9.17, 15) is 22.8 Å². The van der Waals surface area contributed by atoms with E-state index in [1.54, 1.807) is 24.9 Å². The molecular formula is C21H23ClF3N3O2. The van der Waals surface area contributed by atoms with E-state index in [-0.39, 0.29) is 18.1 Å². The van der Waals surface area contributed by atoms with Gasteiger partial charge in [-0.15, -0.1) is 0 Å². The lowest BCUT2D eigenvalue weighted by atomic mass is 10.1. The molecule has 0 spiro atoms. The van der Waals surface area contributed by atoms with E-state index in [1.165, 1.54) is 30.1 Å².